The van der Waals surface area contributed by atoms with E-state index in [2.05, 4.69) is 31.3 Å². The second-order valence-electron chi connectivity index (χ2n) is 12.5. The fourth-order valence-electron chi connectivity index (χ4n) is 6.47. The zero-order chi connectivity index (χ0) is 34.3. The van der Waals surface area contributed by atoms with E-state index in [-0.39, 0.29) is 57.7 Å². The van der Waals surface area contributed by atoms with Gasteiger partial charge in [-0.15, -0.1) is 0 Å². The zero-order valence-corrected chi connectivity index (χ0v) is 25.8. The van der Waals surface area contributed by atoms with E-state index in [1.807, 2.05) is 0 Å². The van der Waals surface area contributed by atoms with Gasteiger partial charge in [0.15, 0.2) is 11.5 Å². The smallest absolute Gasteiger partial charge is 0.390 e. The number of halogens is 6. The number of rotatable bonds is 7. The number of piperidine rings is 1. The number of imidazole rings is 1. The number of aliphatic hydroxyl groups excluding tert-OH is 1. The lowest BCUT2D eigenvalue weighted by Crippen LogP contribution is -2.49. The summed E-state index contributed by atoms with van der Waals surface area (Å²) in [6.07, 6.45) is -4.32. The van der Waals surface area contributed by atoms with Crippen molar-refractivity contribution in [2.45, 2.75) is 42.7 Å². The molecule has 3 aromatic rings. The summed E-state index contributed by atoms with van der Waals surface area (Å²) in [7, 11) is 1.30. The van der Waals surface area contributed by atoms with Crippen molar-refractivity contribution in [3.05, 3.63) is 52.7 Å². The molecule has 2 aliphatic carbocycles. The van der Waals surface area contributed by atoms with Gasteiger partial charge in [0, 0.05) is 69.4 Å². The Labute approximate surface area is 273 Å². The van der Waals surface area contributed by atoms with Crippen LogP contribution in [-0.2, 0) is 13.2 Å². The Morgan fingerprint density at radius 1 is 1.10 bits per heavy atom. The number of hydrogen-bond donors (Lipinski definition) is 5. The Morgan fingerprint density at radius 3 is 2.42 bits per heavy atom. The lowest BCUT2D eigenvalue weighted by atomic mass is 10.2. The topological polar surface area (TPSA) is 158 Å². The summed E-state index contributed by atoms with van der Waals surface area (Å²) in [4.78, 5) is 44.2. The molecule has 2 aliphatic heterocycles. The van der Waals surface area contributed by atoms with Gasteiger partial charge in [-0.3, -0.25) is 14.3 Å². The molecule has 4 amide bonds. The number of amides is 4. The molecule has 4 heterocycles. The third-order valence-corrected chi connectivity index (χ3v) is 9.63. The number of carbonyl (C=O) groups is 3. The van der Waals surface area contributed by atoms with Gasteiger partial charge in [0.25, 0.3) is 17.7 Å². The van der Waals surface area contributed by atoms with Crippen LogP contribution < -0.4 is 21.3 Å². The van der Waals surface area contributed by atoms with Crippen molar-refractivity contribution in [3.63, 3.8) is 0 Å². The molecular weight excluding hydrogens is 669 g/mol. The van der Waals surface area contributed by atoms with Gasteiger partial charge in [0.1, 0.15) is 6.04 Å². The normalized spacial score (nSPS) is 27.0. The Kier molecular flexibility index (Phi) is 7.67. The van der Waals surface area contributed by atoms with Crippen LogP contribution in [-0.4, -0.2) is 97.5 Å². The van der Waals surface area contributed by atoms with Crippen LogP contribution in [0, 0.1) is 11.8 Å². The summed E-state index contributed by atoms with van der Waals surface area (Å²) in [6, 6.07) is 1.94. The fourth-order valence-corrected chi connectivity index (χ4v) is 6.73. The highest BCUT2D eigenvalue weighted by Gasteiger charge is 2.60. The number of hydrogen-bond acceptors (Lipinski definition) is 7. The molecule has 4 aliphatic rings. The van der Waals surface area contributed by atoms with Crippen molar-refractivity contribution in [2.75, 3.05) is 31.5 Å². The number of likely N-dealkylation sites (tertiary alicyclic amines) is 1. The quantitative estimate of drug-likeness (QED) is 0.238. The Balaban J connectivity index is 0.967. The molecule has 13 nitrogen and oxygen atoms in total. The summed E-state index contributed by atoms with van der Waals surface area (Å²) in [5, 5.41) is 24.6. The third-order valence-electron chi connectivity index (χ3n) is 9.32. The predicted molar refractivity (Wildman–Crippen MR) is 158 cm³/mol. The lowest BCUT2D eigenvalue weighted by Gasteiger charge is -2.24. The highest BCUT2D eigenvalue weighted by atomic mass is 35.5. The first-order valence-electron chi connectivity index (χ1n) is 15.0. The molecule has 6 atom stereocenters. The first-order chi connectivity index (χ1) is 22.6. The van der Waals surface area contributed by atoms with Crippen molar-refractivity contribution < 1.29 is 41.4 Å². The molecule has 7 rings (SSSR count). The van der Waals surface area contributed by atoms with Crippen LogP contribution in [0.5, 0.6) is 0 Å². The summed E-state index contributed by atoms with van der Waals surface area (Å²) in [5.41, 5.74) is -1.72. The van der Waals surface area contributed by atoms with Gasteiger partial charge in [0.05, 0.1) is 40.2 Å². The van der Waals surface area contributed by atoms with Gasteiger partial charge in [-0.2, -0.15) is 18.3 Å². The monoisotopic (exact) mass is 697 g/mol. The second kappa shape index (κ2) is 11.4. The van der Waals surface area contributed by atoms with E-state index in [0.717, 1.165) is 17.0 Å². The Hall–Kier alpha value is -4.29. The van der Waals surface area contributed by atoms with E-state index in [9.17, 15) is 41.4 Å². The maximum absolute atomic E-state index is 13.7. The number of carbonyl (C=O) groups excluding carboxylic acids is 3. The fraction of sp³-hybridized carbons (Fsp3) is 0.483. The van der Waals surface area contributed by atoms with E-state index in [0.29, 0.717) is 30.9 Å². The number of alkyl halides is 5. The summed E-state index contributed by atoms with van der Waals surface area (Å²) in [6.45, 7) is 1.83. The molecule has 48 heavy (non-hydrogen) atoms. The molecule has 0 bridgehead atoms. The van der Waals surface area contributed by atoms with Crippen molar-refractivity contribution in [3.8, 4) is 11.3 Å². The van der Waals surface area contributed by atoms with Crippen LogP contribution in [0.1, 0.15) is 39.1 Å². The van der Waals surface area contributed by atoms with Crippen molar-refractivity contribution >= 4 is 35.1 Å². The molecule has 4 fully saturated rings. The summed E-state index contributed by atoms with van der Waals surface area (Å²) >= 11 is 6.38. The van der Waals surface area contributed by atoms with Gasteiger partial charge in [-0.25, -0.2) is 18.6 Å². The second-order valence-corrected chi connectivity index (χ2v) is 12.9. The standard InChI is InChI=1S/C29H29ClF5N9O4/c1-42-19(16-11-44(21-5-28(21,31)32)41-23(16)29(33,34)35)7-37-24(42)26(47)38-12-2-3-13(17(30)4-12)25(46)40-22-14-9-43(10-15(14)22)27(48)39-18-6-36-8-20(18)45/h2-4,7,11,14-15,18,20-22,36,45H,5-6,8-10H2,1H3,(H,38,47)(H,39,48)(H,40,46)/t14-,15+,18-,20-,21+,22?/m1/s1. The van der Waals surface area contributed by atoms with E-state index in [1.165, 1.54) is 25.2 Å². The maximum atomic E-state index is 13.7. The Bertz CT molecular complexity index is 1800. The van der Waals surface area contributed by atoms with Crippen LogP contribution >= 0.6 is 11.6 Å². The average Bonchev–Trinajstić information content (AvgIpc) is 3.46. The minimum atomic E-state index is -4.95. The third kappa shape index (κ3) is 5.85. The number of urea groups is 1. The number of β-amino-alcohol motifs (C(OH)–C–C–N with tert-alkyl or cyclic N) is 1. The van der Waals surface area contributed by atoms with Crippen LogP contribution in [0.15, 0.2) is 30.6 Å². The maximum Gasteiger partial charge on any atom is 0.435 e. The van der Waals surface area contributed by atoms with Gasteiger partial charge >= 0.3 is 12.2 Å². The Morgan fingerprint density at radius 2 is 1.81 bits per heavy atom. The average molecular weight is 698 g/mol. The van der Waals surface area contributed by atoms with Crippen molar-refractivity contribution in [1.82, 2.24) is 40.2 Å². The number of benzene rings is 1. The number of anilines is 1. The van der Waals surface area contributed by atoms with E-state index in [4.69, 9.17) is 11.6 Å². The molecular formula is C29H29ClF5N9O4. The van der Waals surface area contributed by atoms with Crippen LogP contribution in [0.25, 0.3) is 11.3 Å². The highest BCUT2D eigenvalue weighted by Crippen LogP contribution is 2.53. The van der Waals surface area contributed by atoms with E-state index >= 15 is 0 Å². The molecule has 1 unspecified atom stereocenters. The number of aromatic nitrogens is 4. The largest absolute Gasteiger partial charge is 0.435 e. The van der Waals surface area contributed by atoms with Crippen LogP contribution in [0.3, 0.4) is 0 Å². The molecule has 2 aromatic heterocycles. The minimum absolute atomic E-state index is 0.0282. The van der Waals surface area contributed by atoms with E-state index in [1.54, 1.807) is 4.90 Å². The number of aliphatic hydroxyl groups is 1. The van der Waals surface area contributed by atoms with Crippen molar-refractivity contribution in [1.29, 1.82) is 0 Å². The van der Waals surface area contributed by atoms with Crippen molar-refractivity contribution in [2.24, 2.45) is 18.9 Å². The SMILES string of the molecule is Cn1c(-c2cn([C@H]3CC3(F)F)nc2C(F)(F)F)cnc1C(=O)Nc1ccc(C(=O)NC2[C@H]3CN(C(=O)N[C@@H]4CNC[C@H]4O)C[C@@H]23)c(Cl)c1. The van der Waals surface area contributed by atoms with Gasteiger partial charge in [-0.1, -0.05) is 11.6 Å². The zero-order valence-electron chi connectivity index (χ0n) is 25.1. The van der Waals surface area contributed by atoms with Crippen LogP contribution in [0.2, 0.25) is 5.02 Å². The molecule has 2 saturated carbocycles. The molecule has 2 saturated heterocycles. The number of nitrogens with zero attached hydrogens (tertiary/aromatic N) is 5. The van der Waals surface area contributed by atoms with Crippen LogP contribution in [0.4, 0.5) is 32.4 Å². The molecule has 1 aromatic carbocycles. The summed E-state index contributed by atoms with van der Waals surface area (Å²) < 4.78 is 70.0. The molecule has 0 spiro atoms. The lowest BCUT2D eigenvalue weighted by molar-refractivity contribution is -0.141. The predicted octanol–water partition coefficient (Wildman–Crippen LogP) is 2.49. The molecule has 0 radical (unpaired) electrons. The first kappa shape index (κ1) is 32.3. The molecule has 5 N–H and O–H groups in total. The van der Waals surface area contributed by atoms with E-state index < -0.39 is 53.7 Å². The first-order valence-corrected chi connectivity index (χ1v) is 15.4. The molecule has 19 heteroatoms. The van der Waals surface area contributed by atoms with Gasteiger partial charge in [0.2, 0.25) is 0 Å². The summed E-state index contributed by atoms with van der Waals surface area (Å²) in [5.74, 6) is -4.50. The van der Waals surface area contributed by atoms with Gasteiger partial charge < -0.3 is 35.8 Å². The number of nitrogens with one attached hydrogen (secondary N) is 4. The number of fused-ring (bicyclic) bond motifs is 1. The van der Waals surface area contributed by atoms with Gasteiger partial charge in [-0.05, 0) is 18.2 Å². The molecule has 256 valence electrons. The minimum Gasteiger partial charge on any atom is -0.390 e. The highest BCUT2D eigenvalue weighted by molar-refractivity contribution is 6.34.